The van der Waals surface area contributed by atoms with Gasteiger partial charge in [-0.2, -0.15) is 0 Å². The SMILES string of the molecule is CCc1ccc(F)c(C2CCC(COc3cccc([C@H](C4CC4)C(C)(F)C(=O)O)c3)CC2)c1. The third-order valence-corrected chi connectivity index (χ3v) is 7.55. The largest absolute Gasteiger partial charge is 0.493 e. The van der Waals surface area contributed by atoms with E-state index < -0.39 is 17.6 Å². The van der Waals surface area contributed by atoms with Crippen molar-refractivity contribution in [1.29, 1.82) is 0 Å². The van der Waals surface area contributed by atoms with Gasteiger partial charge >= 0.3 is 5.97 Å². The Labute approximate surface area is 195 Å². The maximum atomic E-state index is 15.0. The average molecular weight is 457 g/mol. The lowest BCUT2D eigenvalue weighted by Crippen LogP contribution is -2.38. The van der Waals surface area contributed by atoms with E-state index in [1.54, 1.807) is 18.2 Å². The number of carboxylic acid groups (broad SMARTS) is 1. The van der Waals surface area contributed by atoms with E-state index in [0.29, 0.717) is 23.8 Å². The zero-order valence-corrected chi connectivity index (χ0v) is 19.5. The van der Waals surface area contributed by atoms with Crippen molar-refractivity contribution in [3.63, 3.8) is 0 Å². The van der Waals surface area contributed by atoms with Crippen LogP contribution < -0.4 is 4.74 Å². The first-order valence-electron chi connectivity index (χ1n) is 12.2. The van der Waals surface area contributed by atoms with Crippen LogP contribution in [0.25, 0.3) is 0 Å². The first kappa shape index (κ1) is 23.7. The van der Waals surface area contributed by atoms with Crippen molar-refractivity contribution >= 4 is 5.97 Å². The molecule has 0 aromatic heterocycles. The zero-order chi connectivity index (χ0) is 23.6. The van der Waals surface area contributed by atoms with Gasteiger partial charge in [-0.25, -0.2) is 13.6 Å². The molecule has 33 heavy (non-hydrogen) atoms. The van der Waals surface area contributed by atoms with Crippen LogP contribution in [-0.2, 0) is 11.2 Å². The van der Waals surface area contributed by atoms with Gasteiger partial charge in [0, 0.05) is 5.92 Å². The van der Waals surface area contributed by atoms with E-state index >= 15 is 4.39 Å². The molecular formula is C28H34F2O3. The summed E-state index contributed by atoms with van der Waals surface area (Å²) in [5.41, 5.74) is 0.411. The van der Waals surface area contributed by atoms with Gasteiger partial charge in [0.25, 0.3) is 0 Å². The number of aliphatic carboxylic acids is 1. The predicted octanol–water partition coefficient (Wildman–Crippen LogP) is 7.05. The number of carboxylic acids is 1. The molecule has 3 nitrogen and oxygen atoms in total. The lowest BCUT2D eigenvalue weighted by atomic mass is 9.78. The normalized spacial score (nSPS) is 23.5. The number of alkyl halides is 1. The first-order chi connectivity index (χ1) is 15.8. The van der Waals surface area contributed by atoms with Gasteiger partial charge in [-0.3, -0.25) is 0 Å². The van der Waals surface area contributed by atoms with Gasteiger partial charge in [-0.15, -0.1) is 0 Å². The minimum Gasteiger partial charge on any atom is -0.493 e. The Morgan fingerprint density at radius 1 is 1.12 bits per heavy atom. The van der Waals surface area contributed by atoms with Crippen LogP contribution in [0.2, 0.25) is 0 Å². The molecule has 0 amide bonds. The van der Waals surface area contributed by atoms with E-state index in [2.05, 4.69) is 6.92 Å². The quantitative estimate of drug-likeness (QED) is 0.440. The van der Waals surface area contributed by atoms with Crippen LogP contribution in [-0.4, -0.2) is 23.4 Å². The Balaban J connectivity index is 1.36. The molecule has 2 aromatic carbocycles. The van der Waals surface area contributed by atoms with E-state index in [4.69, 9.17) is 4.74 Å². The lowest BCUT2D eigenvalue weighted by molar-refractivity contribution is -0.151. The molecule has 2 aliphatic rings. The van der Waals surface area contributed by atoms with Crippen molar-refractivity contribution in [2.45, 2.75) is 76.3 Å². The molecule has 2 aromatic rings. The van der Waals surface area contributed by atoms with Crippen molar-refractivity contribution in [3.05, 3.63) is 65.0 Å². The van der Waals surface area contributed by atoms with Crippen LogP contribution in [0.5, 0.6) is 5.75 Å². The summed E-state index contributed by atoms with van der Waals surface area (Å²) < 4.78 is 35.5. The van der Waals surface area contributed by atoms with Crippen molar-refractivity contribution in [2.24, 2.45) is 11.8 Å². The van der Waals surface area contributed by atoms with Crippen LogP contribution in [0.4, 0.5) is 8.78 Å². The van der Waals surface area contributed by atoms with Gasteiger partial charge in [0.15, 0.2) is 0 Å². The van der Waals surface area contributed by atoms with Gasteiger partial charge < -0.3 is 9.84 Å². The van der Waals surface area contributed by atoms with Crippen molar-refractivity contribution < 1.29 is 23.4 Å². The summed E-state index contributed by atoms with van der Waals surface area (Å²) in [7, 11) is 0. The van der Waals surface area contributed by atoms with E-state index in [1.165, 1.54) is 12.5 Å². The molecule has 1 unspecified atom stereocenters. The summed E-state index contributed by atoms with van der Waals surface area (Å²) in [5.74, 6) is -0.807. The smallest absolute Gasteiger partial charge is 0.341 e. The molecule has 2 atom stereocenters. The zero-order valence-electron chi connectivity index (χ0n) is 19.5. The van der Waals surface area contributed by atoms with E-state index in [0.717, 1.165) is 50.5 Å². The number of hydrogen-bond donors (Lipinski definition) is 1. The second-order valence-electron chi connectivity index (χ2n) is 10.0. The van der Waals surface area contributed by atoms with Gasteiger partial charge in [-0.1, -0.05) is 31.2 Å². The summed E-state index contributed by atoms with van der Waals surface area (Å²) >= 11 is 0. The summed E-state index contributed by atoms with van der Waals surface area (Å²) in [6.07, 6.45) is 6.46. The molecule has 0 saturated heterocycles. The molecule has 178 valence electrons. The highest BCUT2D eigenvalue weighted by Gasteiger charge is 2.50. The minimum atomic E-state index is -2.30. The standard InChI is InChI=1S/C28H34F2O3/c1-3-18-9-14-25(29)24(15-18)20-10-7-19(8-11-20)17-33-23-6-4-5-22(16-23)26(21-12-13-21)28(2,30)27(31)32/h4-6,9,14-16,19-21,26H,3,7-8,10-13,17H2,1-2H3,(H,31,32)/t19?,20?,26-,28?/m0/s1. The number of aryl methyl sites for hydroxylation is 1. The third kappa shape index (κ3) is 5.39. The molecular weight excluding hydrogens is 422 g/mol. The topological polar surface area (TPSA) is 46.5 Å². The summed E-state index contributed by atoms with van der Waals surface area (Å²) in [6.45, 7) is 3.82. The monoisotopic (exact) mass is 456 g/mol. The number of rotatable bonds is 9. The molecule has 0 spiro atoms. The summed E-state index contributed by atoms with van der Waals surface area (Å²) in [5, 5.41) is 9.41. The molecule has 0 aliphatic heterocycles. The highest BCUT2D eigenvalue weighted by Crippen LogP contribution is 2.50. The van der Waals surface area contributed by atoms with Crippen LogP contribution in [0.15, 0.2) is 42.5 Å². The Hall–Kier alpha value is -2.43. The van der Waals surface area contributed by atoms with E-state index in [1.807, 2.05) is 24.3 Å². The highest BCUT2D eigenvalue weighted by atomic mass is 19.1. The lowest BCUT2D eigenvalue weighted by Gasteiger charge is -2.30. The Morgan fingerprint density at radius 2 is 1.85 bits per heavy atom. The fourth-order valence-electron chi connectivity index (χ4n) is 5.37. The van der Waals surface area contributed by atoms with Crippen LogP contribution >= 0.6 is 0 Å². The second kappa shape index (κ2) is 9.82. The molecule has 0 heterocycles. The summed E-state index contributed by atoms with van der Waals surface area (Å²) in [6, 6.07) is 12.8. The number of carbonyl (C=O) groups is 1. The van der Waals surface area contributed by atoms with E-state index in [9.17, 15) is 14.3 Å². The van der Waals surface area contributed by atoms with E-state index in [-0.39, 0.29) is 17.7 Å². The van der Waals surface area contributed by atoms with Gasteiger partial charge in [0.05, 0.1) is 6.61 Å². The maximum Gasteiger partial charge on any atom is 0.341 e. The Bertz CT molecular complexity index is 975. The molecule has 1 N–H and O–H groups in total. The van der Waals surface area contributed by atoms with Crippen LogP contribution in [0, 0.1) is 17.7 Å². The molecule has 0 radical (unpaired) electrons. The van der Waals surface area contributed by atoms with Gasteiger partial charge in [0.2, 0.25) is 5.67 Å². The molecule has 2 fully saturated rings. The second-order valence-corrected chi connectivity index (χ2v) is 10.0. The molecule has 0 bridgehead atoms. The van der Waals surface area contributed by atoms with Crippen LogP contribution in [0.3, 0.4) is 0 Å². The molecule has 2 aliphatic carbocycles. The van der Waals surface area contributed by atoms with Crippen molar-refractivity contribution in [1.82, 2.24) is 0 Å². The third-order valence-electron chi connectivity index (χ3n) is 7.55. The molecule has 2 saturated carbocycles. The van der Waals surface area contributed by atoms with Gasteiger partial charge in [-0.05, 0) is 105 Å². The maximum absolute atomic E-state index is 15.0. The molecule has 4 rings (SSSR count). The Morgan fingerprint density at radius 3 is 2.48 bits per heavy atom. The van der Waals surface area contributed by atoms with Crippen molar-refractivity contribution in [2.75, 3.05) is 6.61 Å². The minimum absolute atomic E-state index is 0.0632. The van der Waals surface area contributed by atoms with Crippen LogP contribution in [0.1, 0.15) is 80.9 Å². The van der Waals surface area contributed by atoms with Gasteiger partial charge in [0.1, 0.15) is 11.6 Å². The first-order valence-corrected chi connectivity index (χ1v) is 12.2. The van der Waals surface area contributed by atoms with Crippen molar-refractivity contribution in [3.8, 4) is 5.75 Å². The number of halogens is 2. The Kier molecular flexibility index (Phi) is 7.06. The fourth-order valence-corrected chi connectivity index (χ4v) is 5.37. The number of benzene rings is 2. The highest BCUT2D eigenvalue weighted by molar-refractivity contribution is 5.78. The number of hydrogen-bond acceptors (Lipinski definition) is 2. The summed E-state index contributed by atoms with van der Waals surface area (Å²) in [4.78, 5) is 11.5. The molecule has 5 heteroatoms. The fraction of sp³-hybridized carbons (Fsp3) is 0.536. The predicted molar refractivity (Wildman–Crippen MR) is 125 cm³/mol. The average Bonchev–Trinajstić information content (AvgIpc) is 3.63. The number of ether oxygens (including phenoxy) is 1.